The summed E-state index contributed by atoms with van der Waals surface area (Å²) in [6, 6.07) is 0. The van der Waals surface area contributed by atoms with E-state index in [0.717, 1.165) is 23.2 Å². The van der Waals surface area contributed by atoms with Gasteiger partial charge in [0.2, 0.25) is 0 Å². The van der Waals surface area contributed by atoms with Crippen LogP contribution in [-0.2, 0) is 5.41 Å². The molecule has 0 fully saturated rings. The Kier molecular flexibility index (Phi) is 1.62. The largest absolute Gasteiger partial charge is 0.364 e. The van der Waals surface area contributed by atoms with E-state index in [1.807, 2.05) is 13.1 Å². The van der Waals surface area contributed by atoms with Crippen LogP contribution in [0.5, 0.6) is 0 Å². The van der Waals surface area contributed by atoms with Gasteiger partial charge < -0.3 is 4.98 Å². The molecule has 0 atom stereocenters. The van der Waals surface area contributed by atoms with Crippen LogP contribution >= 0.6 is 0 Å². The summed E-state index contributed by atoms with van der Waals surface area (Å²) in [6.45, 7) is 6.37. The Bertz CT molecular complexity index is 360. The second kappa shape index (κ2) is 2.47. The molecule has 0 aliphatic heterocycles. The van der Waals surface area contributed by atoms with Gasteiger partial charge in [-0.3, -0.25) is 4.79 Å². The fourth-order valence-corrected chi connectivity index (χ4v) is 2.09. The first-order valence-corrected chi connectivity index (χ1v) is 4.74. The molecule has 0 unspecified atom stereocenters. The Morgan fingerprint density at radius 1 is 1.46 bits per heavy atom. The number of hydrogen-bond donors (Lipinski definition) is 1. The molecule has 0 radical (unpaired) electrons. The van der Waals surface area contributed by atoms with Gasteiger partial charge in [-0.1, -0.05) is 13.8 Å². The monoisotopic (exact) mass is 177 g/mol. The predicted molar refractivity (Wildman–Crippen MR) is 52.1 cm³/mol. The highest BCUT2D eigenvalue weighted by Gasteiger charge is 2.33. The average molecular weight is 177 g/mol. The Hall–Kier alpha value is -1.05. The average Bonchev–Trinajstić information content (AvgIpc) is 2.42. The molecule has 1 heterocycles. The van der Waals surface area contributed by atoms with Gasteiger partial charge in [0.1, 0.15) is 0 Å². The van der Waals surface area contributed by atoms with Gasteiger partial charge >= 0.3 is 0 Å². The highest BCUT2D eigenvalue weighted by molar-refractivity contribution is 6.00. The third-order valence-corrected chi connectivity index (χ3v) is 3.01. The maximum Gasteiger partial charge on any atom is 0.164 e. The van der Waals surface area contributed by atoms with Crippen LogP contribution in [0, 0.1) is 6.92 Å². The molecule has 2 nitrogen and oxygen atoms in total. The SMILES string of the molecule is Cc1c[nH]c2c1C(=O)CCC2(C)C. The zero-order valence-corrected chi connectivity index (χ0v) is 8.40. The number of rotatable bonds is 0. The Labute approximate surface area is 78.4 Å². The standard InChI is InChI=1S/C11H15NO/c1-7-6-12-10-9(7)8(13)4-5-11(10,2)3/h6,12H,4-5H2,1-3H3. The van der Waals surface area contributed by atoms with Crippen LogP contribution in [0.4, 0.5) is 0 Å². The zero-order valence-electron chi connectivity index (χ0n) is 8.40. The van der Waals surface area contributed by atoms with Crippen molar-refractivity contribution in [3.63, 3.8) is 0 Å². The molecule has 1 aromatic heterocycles. The zero-order chi connectivity index (χ0) is 9.64. The van der Waals surface area contributed by atoms with E-state index in [0.29, 0.717) is 12.2 Å². The lowest BCUT2D eigenvalue weighted by Crippen LogP contribution is -2.27. The van der Waals surface area contributed by atoms with Crippen LogP contribution in [-0.4, -0.2) is 10.8 Å². The van der Waals surface area contributed by atoms with E-state index in [4.69, 9.17) is 0 Å². The molecule has 1 aliphatic rings. The highest BCUT2D eigenvalue weighted by atomic mass is 16.1. The minimum Gasteiger partial charge on any atom is -0.364 e. The van der Waals surface area contributed by atoms with E-state index < -0.39 is 0 Å². The number of ketones is 1. The number of aromatic nitrogens is 1. The van der Waals surface area contributed by atoms with Gasteiger partial charge in [0.05, 0.1) is 0 Å². The summed E-state index contributed by atoms with van der Waals surface area (Å²) in [5.74, 6) is 0.299. The predicted octanol–water partition coefficient (Wildman–Crippen LogP) is 2.58. The smallest absolute Gasteiger partial charge is 0.164 e. The summed E-state index contributed by atoms with van der Waals surface area (Å²) in [5.41, 5.74) is 3.29. The number of Topliss-reactive ketones (excluding diaryl/α,β-unsaturated/α-hetero) is 1. The van der Waals surface area contributed by atoms with Gasteiger partial charge in [0.15, 0.2) is 5.78 Å². The highest BCUT2D eigenvalue weighted by Crippen LogP contribution is 2.36. The van der Waals surface area contributed by atoms with E-state index in [-0.39, 0.29) is 5.41 Å². The van der Waals surface area contributed by atoms with Crippen LogP contribution in [0.3, 0.4) is 0 Å². The minimum atomic E-state index is 0.136. The first-order chi connectivity index (χ1) is 6.02. The van der Waals surface area contributed by atoms with E-state index in [2.05, 4.69) is 18.8 Å². The number of carbonyl (C=O) groups is 1. The van der Waals surface area contributed by atoms with Crippen LogP contribution in [0.1, 0.15) is 48.3 Å². The van der Waals surface area contributed by atoms with Crippen molar-refractivity contribution in [1.29, 1.82) is 0 Å². The third-order valence-electron chi connectivity index (χ3n) is 3.01. The van der Waals surface area contributed by atoms with Gasteiger partial charge in [-0.05, 0) is 18.9 Å². The quantitative estimate of drug-likeness (QED) is 0.649. The number of carbonyl (C=O) groups excluding carboxylic acids is 1. The molecule has 0 saturated heterocycles. The van der Waals surface area contributed by atoms with E-state index >= 15 is 0 Å². The molecule has 1 aliphatic carbocycles. The van der Waals surface area contributed by atoms with Crippen molar-refractivity contribution < 1.29 is 4.79 Å². The van der Waals surface area contributed by atoms with Crippen LogP contribution in [0.15, 0.2) is 6.20 Å². The fourth-order valence-electron chi connectivity index (χ4n) is 2.09. The number of H-pyrrole nitrogens is 1. The molecule has 70 valence electrons. The van der Waals surface area contributed by atoms with Crippen LogP contribution in [0.25, 0.3) is 0 Å². The summed E-state index contributed by atoms with van der Waals surface area (Å²) in [4.78, 5) is 14.9. The normalized spacial score (nSPS) is 20.1. The molecule has 1 aromatic rings. The topological polar surface area (TPSA) is 32.9 Å². The number of hydrogen-bond acceptors (Lipinski definition) is 1. The summed E-state index contributed by atoms with van der Waals surface area (Å²) in [7, 11) is 0. The molecule has 0 saturated carbocycles. The minimum absolute atomic E-state index is 0.136. The Morgan fingerprint density at radius 3 is 2.77 bits per heavy atom. The maximum atomic E-state index is 11.6. The van der Waals surface area contributed by atoms with E-state index in [1.54, 1.807) is 0 Å². The molecule has 2 heteroatoms. The molecular formula is C11H15NO. The number of aromatic amines is 1. The second-order valence-corrected chi connectivity index (χ2v) is 4.53. The van der Waals surface area contributed by atoms with Gasteiger partial charge in [0, 0.05) is 29.3 Å². The van der Waals surface area contributed by atoms with Crippen molar-refractivity contribution in [2.24, 2.45) is 0 Å². The van der Waals surface area contributed by atoms with Gasteiger partial charge in [-0.2, -0.15) is 0 Å². The lowest BCUT2D eigenvalue weighted by atomic mass is 9.75. The Balaban J connectivity index is 2.63. The first kappa shape index (κ1) is 8.54. The second-order valence-electron chi connectivity index (χ2n) is 4.53. The molecular weight excluding hydrogens is 162 g/mol. The van der Waals surface area contributed by atoms with Crippen LogP contribution in [0.2, 0.25) is 0 Å². The summed E-state index contributed by atoms with van der Waals surface area (Å²) in [5, 5.41) is 0. The number of aryl methyl sites for hydroxylation is 1. The van der Waals surface area contributed by atoms with Gasteiger partial charge in [-0.15, -0.1) is 0 Å². The van der Waals surface area contributed by atoms with E-state index in [1.165, 1.54) is 0 Å². The summed E-state index contributed by atoms with van der Waals surface area (Å²) < 4.78 is 0. The van der Waals surface area contributed by atoms with Gasteiger partial charge in [-0.25, -0.2) is 0 Å². The molecule has 2 rings (SSSR count). The van der Waals surface area contributed by atoms with Crippen LogP contribution < -0.4 is 0 Å². The van der Waals surface area contributed by atoms with Crippen molar-refractivity contribution in [2.45, 2.75) is 39.0 Å². The maximum absolute atomic E-state index is 11.6. The molecule has 1 N–H and O–H groups in total. The number of nitrogens with one attached hydrogen (secondary N) is 1. The lowest BCUT2D eigenvalue weighted by molar-refractivity contribution is 0.0955. The molecule has 0 bridgehead atoms. The third kappa shape index (κ3) is 1.12. The summed E-state index contributed by atoms with van der Waals surface area (Å²) >= 11 is 0. The summed E-state index contributed by atoms with van der Waals surface area (Å²) in [6.07, 6.45) is 3.59. The molecule has 0 spiro atoms. The van der Waals surface area contributed by atoms with Crippen molar-refractivity contribution in [3.8, 4) is 0 Å². The molecule has 0 aromatic carbocycles. The van der Waals surface area contributed by atoms with E-state index in [9.17, 15) is 4.79 Å². The first-order valence-electron chi connectivity index (χ1n) is 4.74. The fraction of sp³-hybridized carbons (Fsp3) is 0.545. The van der Waals surface area contributed by atoms with Gasteiger partial charge in [0.25, 0.3) is 0 Å². The Morgan fingerprint density at radius 2 is 2.15 bits per heavy atom. The number of fused-ring (bicyclic) bond motifs is 1. The van der Waals surface area contributed by atoms with Crippen molar-refractivity contribution in [2.75, 3.05) is 0 Å². The molecule has 13 heavy (non-hydrogen) atoms. The molecule has 0 amide bonds. The van der Waals surface area contributed by atoms with Crippen molar-refractivity contribution in [3.05, 3.63) is 23.0 Å². The van der Waals surface area contributed by atoms with Crippen molar-refractivity contribution in [1.82, 2.24) is 4.98 Å². The lowest BCUT2D eigenvalue weighted by Gasteiger charge is -2.29. The van der Waals surface area contributed by atoms with Crippen molar-refractivity contribution >= 4 is 5.78 Å².